The molecule has 0 aromatic heterocycles. The summed E-state index contributed by atoms with van der Waals surface area (Å²) in [4.78, 5) is 14.6. The molecule has 3 rings (SSSR count). The number of carbonyl (C=O) groups excluding carboxylic acids is 1. The van der Waals surface area contributed by atoms with Crippen molar-refractivity contribution in [3.05, 3.63) is 23.2 Å². The fourth-order valence-corrected chi connectivity index (χ4v) is 4.02. The number of nitrogens with one attached hydrogen (secondary N) is 2. The molecule has 1 aliphatic carbocycles. The van der Waals surface area contributed by atoms with E-state index in [1.165, 1.54) is 19.3 Å². The smallest absolute Gasteiger partial charge is 0.239 e. The number of halogens is 1. The lowest BCUT2D eigenvalue weighted by atomic mass is 9.86. The Labute approximate surface area is 155 Å². The Kier molecular flexibility index (Phi) is 6.43. The first kappa shape index (κ1) is 18.3. The van der Waals surface area contributed by atoms with Gasteiger partial charge in [-0.2, -0.15) is 0 Å². The summed E-state index contributed by atoms with van der Waals surface area (Å²) >= 11 is 6.43. The van der Waals surface area contributed by atoms with E-state index in [4.69, 9.17) is 16.3 Å². The first-order chi connectivity index (χ1) is 12.1. The quantitative estimate of drug-likeness (QED) is 0.840. The molecular formula is C19H28ClN3O2. The number of nitrogens with zero attached hydrogens (tertiary/aromatic N) is 1. The van der Waals surface area contributed by atoms with E-state index < -0.39 is 0 Å². The Hall–Kier alpha value is -1.46. The highest BCUT2D eigenvalue weighted by molar-refractivity contribution is 6.34. The Balaban J connectivity index is 1.60. The van der Waals surface area contributed by atoms with Crippen molar-refractivity contribution in [1.82, 2.24) is 5.32 Å². The Morgan fingerprint density at radius 1 is 1.28 bits per heavy atom. The van der Waals surface area contributed by atoms with Gasteiger partial charge in [-0.3, -0.25) is 4.79 Å². The van der Waals surface area contributed by atoms with Gasteiger partial charge in [0.2, 0.25) is 5.91 Å². The minimum atomic E-state index is 0.0478. The molecule has 1 aromatic carbocycles. The molecule has 1 saturated heterocycles. The summed E-state index contributed by atoms with van der Waals surface area (Å²) in [6.07, 6.45) is 4.77. The predicted molar refractivity (Wildman–Crippen MR) is 103 cm³/mol. The van der Waals surface area contributed by atoms with E-state index >= 15 is 0 Å². The van der Waals surface area contributed by atoms with Crippen molar-refractivity contribution < 1.29 is 9.53 Å². The van der Waals surface area contributed by atoms with Crippen molar-refractivity contribution in [2.75, 3.05) is 43.1 Å². The van der Waals surface area contributed by atoms with Crippen molar-refractivity contribution >= 4 is 28.9 Å². The van der Waals surface area contributed by atoms with Gasteiger partial charge in [0.25, 0.3) is 0 Å². The molecule has 2 atom stereocenters. The van der Waals surface area contributed by atoms with E-state index in [-0.39, 0.29) is 12.5 Å². The largest absolute Gasteiger partial charge is 0.378 e. The monoisotopic (exact) mass is 365 g/mol. The Bertz CT molecular complexity index is 590. The summed E-state index contributed by atoms with van der Waals surface area (Å²) < 4.78 is 5.42. The summed E-state index contributed by atoms with van der Waals surface area (Å²) in [5.41, 5.74) is 1.87. The fourth-order valence-electron chi connectivity index (χ4n) is 3.73. The number of hydrogen-bond acceptors (Lipinski definition) is 4. The summed E-state index contributed by atoms with van der Waals surface area (Å²) in [6, 6.07) is 6.09. The number of carbonyl (C=O) groups is 1. The Morgan fingerprint density at radius 3 is 2.80 bits per heavy atom. The molecule has 0 bridgehead atoms. The molecule has 138 valence electrons. The molecule has 2 aliphatic rings. The van der Waals surface area contributed by atoms with Crippen LogP contribution in [0, 0.1) is 5.92 Å². The molecule has 6 heteroatoms. The topological polar surface area (TPSA) is 53.6 Å². The molecule has 1 heterocycles. The number of hydrogen-bond donors (Lipinski definition) is 2. The molecule has 0 unspecified atom stereocenters. The van der Waals surface area contributed by atoms with Gasteiger partial charge in [-0.25, -0.2) is 0 Å². The van der Waals surface area contributed by atoms with Crippen LogP contribution in [0.5, 0.6) is 0 Å². The third kappa shape index (κ3) is 4.79. The van der Waals surface area contributed by atoms with Crippen LogP contribution in [-0.2, 0) is 9.53 Å². The molecule has 0 radical (unpaired) electrons. The molecule has 0 spiro atoms. The van der Waals surface area contributed by atoms with Crippen LogP contribution in [0.2, 0.25) is 5.02 Å². The molecule has 1 aliphatic heterocycles. The van der Waals surface area contributed by atoms with Gasteiger partial charge < -0.3 is 20.3 Å². The van der Waals surface area contributed by atoms with Gasteiger partial charge in [-0.1, -0.05) is 37.4 Å². The number of ether oxygens (including phenoxy) is 1. The van der Waals surface area contributed by atoms with Crippen LogP contribution in [0.3, 0.4) is 0 Å². The van der Waals surface area contributed by atoms with Crippen molar-refractivity contribution in [3.8, 4) is 0 Å². The van der Waals surface area contributed by atoms with Gasteiger partial charge in [-0.05, 0) is 30.9 Å². The van der Waals surface area contributed by atoms with Crippen LogP contribution < -0.4 is 15.5 Å². The molecule has 2 N–H and O–H groups in total. The standard InChI is InChI=1S/C19H28ClN3O2/c1-14-5-2-3-7-16(14)22-18(24)13-21-17-8-4-6-15(20)19(17)23-9-11-25-12-10-23/h4,6,8,14,16,21H,2-3,5,7,9-13H2,1H3,(H,22,24)/t14-,16+/m0/s1. The van der Waals surface area contributed by atoms with E-state index in [0.29, 0.717) is 30.2 Å². The molecule has 2 fully saturated rings. The third-order valence-electron chi connectivity index (χ3n) is 5.21. The van der Waals surface area contributed by atoms with Gasteiger partial charge in [0.05, 0.1) is 36.2 Å². The fraction of sp³-hybridized carbons (Fsp3) is 0.632. The highest BCUT2D eigenvalue weighted by Crippen LogP contribution is 2.34. The molecule has 1 amide bonds. The van der Waals surface area contributed by atoms with Crippen LogP contribution in [0.1, 0.15) is 32.6 Å². The number of para-hydroxylation sites is 1. The molecule has 1 aromatic rings. The summed E-state index contributed by atoms with van der Waals surface area (Å²) in [5, 5.41) is 7.16. The van der Waals surface area contributed by atoms with Gasteiger partial charge in [0.15, 0.2) is 0 Å². The van der Waals surface area contributed by atoms with E-state index in [0.717, 1.165) is 30.9 Å². The molecular weight excluding hydrogens is 338 g/mol. The van der Waals surface area contributed by atoms with Crippen molar-refractivity contribution in [2.24, 2.45) is 5.92 Å². The first-order valence-corrected chi connectivity index (χ1v) is 9.67. The SMILES string of the molecule is C[C@H]1CCCC[C@H]1NC(=O)CNc1cccc(Cl)c1N1CCOCC1. The maximum atomic E-state index is 12.4. The van der Waals surface area contributed by atoms with Crippen LogP contribution in [-0.4, -0.2) is 44.8 Å². The van der Waals surface area contributed by atoms with Gasteiger partial charge in [0, 0.05) is 19.1 Å². The maximum Gasteiger partial charge on any atom is 0.239 e. The second kappa shape index (κ2) is 8.77. The van der Waals surface area contributed by atoms with Crippen LogP contribution >= 0.6 is 11.6 Å². The molecule has 5 nitrogen and oxygen atoms in total. The minimum Gasteiger partial charge on any atom is -0.378 e. The lowest BCUT2D eigenvalue weighted by Crippen LogP contribution is -2.43. The van der Waals surface area contributed by atoms with E-state index in [1.807, 2.05) is 18.2 Å². The summed E-state index contributed by atoms with van der Waals surface area (Å²) in [5.74, 6) is 0.611. The van der Waals surface area contributed by atoms with Crippen molar-refractivity contribution in [2.45, 2.75) is 38.6 Å². The number of morpholine rings is 1. The van der Waals surface area contributed by atoms with E-state index in [1.54, 1.807) is 0 Å². The zero-order valence-corrected chi connectivity index (χ0v) is 15.6. The van der Waals surface area contributed by atoms with Gasteiger partial charge in [-0.15, -0.1) is 0 Å². The zero-order chi connectivity index (χ0) is 17.6. The normalized spacial score (nSPS) is 24.0. The lowest BCUT2D eigenvalue weighted by Gasteiger charge is -2.32. The van der Waals surface area contributed by atoms with Crippen LogP contribution in [0.4, 0.5) is 11.4 Å². The molecule has 1 saturated carbocycles. The average Bonchev–Trinajstić information content (AvgIpc) is 2.63. The van der Waals surface area contributed by atoms with Gasteiger partial charge in [0.1, 0.15) is 0 Å². The average molecular weight is 366 g/mol. The lowest BCUT2D eigenvalue weighted by molar-refractivity contribution is -0.120. The van der Waals surface area contributed by atoms with Crippen molar-refractivity contribution in [1.29, 1.82) is 0 Å². The molecule has 25 heavy (non-hydrogen) atoms. The summed E-state index contributed by atoms with van der Waals surface area (Å²) in [7, 11) is 0. The number of anilines is 2. The summed E-state index contributed by atoms with van der Waals surface area (Å²) in [6.45, 7) is 5.51. The third-order valence-corrected chi connectivity index (χ3v) is 5.52. The predicted octanol–water partition coefficient (Wildman–Crippen LogP) is 3.28. The van der Waals surface area contributed by atoms with Gasteiger partial charge >= 0.3 is 0 Å². The second-order valence-corrected chi connectivity index (χ2v) is 7.43. The van der Waals surface area contributed by atoms with Crippen LogP contribution in [0.25, 0.3) is 0 Å². The van der Waals surface area contributed by atoms with E-state index in [2.05, 4.69) is 22.5 Å². The number of rotatable bonds is 5. The van der Waals surface area contributed by atoms with Crippen LogP contribution in [0.15, 0.2) is 18.2 Å². The Morgan fingerprint density at radius 2 is 2.04 bits per heavy atom. The first-order valence-electron chi connectivity index (χ1n) is 9.29. The van der Waals surface area contributed by atoms with E-state index in [9.17, 15) is 4.79 Å². The second-order valence-electron chi connectivity index (χ2n) is 7.02. The number of benzene rings is 1. The highest BCUT2D eigenvalue weighted by atomic mass is 35.5. The highest BCUT2D eigenvalue weighted by Gasteiger charge is 2.23. The maximum absolute atomic E-state index is 12.4. The number of amides is 1. The zero-order valence-electron chi connectivity index (χ0n) is 14.9. The minimum absolute atomic E-state index is 0.0478. The van der Waals surface area contributed by atoms with Crippen molar-refractivity contribution in [3.63, 3.8) is 0 Å².